The Labute approximate surface area is 268 Å². The highest BCUT2D eigenvalue weighted by Gasteiger charge is 2.57. The Kier molecular flexibility index (Phi) is 7.53. The van der Waals surface area contributed by atoms with Gasteiger partial charge in [0, 0.05) is 19.6 Å². The Hall–Kier alpha value is -3.68. The van der Waals surface area contributed by atoms with E-state index in [2.05, 4.69) is 34.6 Å². The van der Waals surface area contributed by atoms with Gasteiger partial charge in [-0.25, -0.2) is 28.7 Å². The molecule has 4 aliphatic rings. The standard InChI is InChI=1S/C23H28N11O12PS/c1-40-14-10-4-42-47(36,37)45-13-8-3-41-15(13)21(33-6-28-11-17(24)26-5-27-18(11)33)43-9(8)2-30-48(38,39)46-16(14)22(44-10)34-7-29-12-19(34)31-23(25)32-20(12)35/h5-10,13-16,21-22,30H,2-4H2,1H3,(H,36,37)(H2,24,26,27)(H3,25,31,32,35)/t8-,9-,10-,13-,14-,15-,16-,21-,22-/m1/s1. The zero-order valence-electron chi connectivity index (χ0n) is 24.6. The number of imidazole rings is 2. The van der Waals surface area contributed by atoms with Crippen LogP contribution >= 0.6 is 7.82 Å². The van der Waals surface area contributed by atoms with Gasteiger partial charge in [-0.05, 0) is 0 Å². The Balaban J connectivity index is 1.16. The fourth-order valence-electron chi connectivity index (χ4n) is 6.49. The second-order valence-electron chi connectivity index (χ2n) is 11.3. The van der Waals surface area contributed by atoms with Crippen LogP contribution in [0.15, 0.2) is 23.8 Å². The molecule has 0 spiro atoms. The largest absolute Gasteiger partial charge is 0.472 e. The van der Waals surface area contributed by atoms with Gasteiger partial charge in [-0.2, -0.15) is 18.1 Å². The van der Waals surface area contributed by atoms with E-state index in [1.165, 1.54) is 35.2 Å². The Bertz CT molecular complexity index is 2110. The number of aromatic nitrogens is 8. The lowest BCUT2D eigenvalue weighted by Gasteiger charge is -2.40. The first kappa shape index (κ1) is 31.6. The molecule has 4 fully saturated rings. The van der Waals surface area contributed by atoms with Gasteiger partial charge in [0.05, 0.1) is 32.0 Å². The maximum atomic E-state index is 13.5. The number of nitrogens with two attached hydrogens (primary N) is 2. The van der Waals surface area contributed by atoms with Crippen LogP contribution in [0.3, 0.4) is 0 Å². The number of aromatic amines is 1. The molecule has 23 nitrogen and oxygen atoms in total. The van der Waals surface area contributed by atoms with Gasteiger partial charge in [0.1, 0.15) is 36.3 Å². The van der Waals surface area contributed by atoms with Gasteiger partial charge in [0.25, 0.3) is 5.56 Å². The van der Waals surface area contributed by atoms with Gasteiger partial charge in [0.15, 0.2) is 41.2 Å². The molecular formula is C23H28N11O12PS. The molecule has 0 aromatic carbocycles. The van der Waals surface area contributed by atoms with Crippen molar-refractivity contribution in [3.05, 3.63) is 29.3 Å². The van der Waals surface area contributed by atoms with Gasteiger partial charge in [-0.1, -0.05) is 0 Å². The van der Waals surface area contributed by atoms with Crippen LogP contribution in [0.25, 0.3) is 22.3 Å². The number of ether oxygens (including phenoxy) is 4. The van der Waals surface area contributed by atoms with E-state index < -0.39 is 85.3 Å². The molecule has 258 valence electrons. The monoisotopic (exact) mass is 713 g/mol. The maximum Gasteiger partial charge on any atom is 0.472 e. The highest BCUT2D eigenvalue weighted by Crippen LogP contribution is 2.52. The predicted molar refractivity (Wildman–Crippen MR) is 157 cm³/mol. The molecule has 0 radical (unpaired) electrons. The average Bonchev–Trinajstić information content (AvgIpc) is 3.79. The first-order valence-corrected chi connectivity index (χ1v) is 17.3. The predicted octanol–water partition coefficient (Wildman–Crippen LogP) is -2.32. The topological polar surface area (TPSA) is 307 Å². The number of methoxy groups -OCH3 is 1. The maximum absolute atomic E-state index is 13.5. The summed E-state index contributed by atoms with van der Waals surface area (Å²) in [6.07, 6.45) is -5.56. The molecule has 1 unspecified atom stereocenters. The average molecular weight is 714 g/mol. The lowest BCUT2D eigenvalue weighted by molar-refractivity contribution is -0.174. The van der Waals surface area contributed by atoms with Crippen LogP contribution in [0.2, 0.25) is 0 Å². The van der Waals surface area contributed by atoms with Crippen molar-refractivity contribution < 1.29 is 50.1 Å². The van der Waals surface area contributed by atoms with Crippen LogP contribution in [0.1, 0.15) is 12.5 Å². The van der Waals surface area contributed by atoms with E-state index in [4.69, 9.17) is 43.6 Å². The number of fused-ring (bicyclic) bond motifs is 4. The summed E-state index contributed by atoms with van der Waals surface area (Å²) in [5.74, 6) is -0.855. The molecule has 0 aliphatic carbocycles. The third kappa shape index (κ3) is 5.25. The van der Waals surface area contributed by atoms with E-state index in [1.54, 1.807) is 0 Å². The minimum atomic E-state index is -4.86. The Morgan fingerprint density at radius 2 is 1.73 bits per heavy atom. The molecule has 25 heteroatoms. The van der Waals surface area contributed by atoms with E-state index in [-0.39, 0.29) is 47.2 Å². The number of phosphoric ester groups is 1. The second kappa shape index (κ2) is 11.4. The molecule has 4 saturated heterocycles. The lowest BCUT2D eigenvalue weighted by Crippen LogP contribution is -2.52. The van der Waals surface area contributed by atoms with E-state index in [9.17, 15) is 22.7 Å². The minimum Gasteiger partial charge on any atom is -0.382 e. The molecule has 8 heterocycles. The number of nitrogens with one attached hydrogen (secondary N) is 2. The number of phosphoric acid groups is 1. The van der Waals surface area contributed by atoms with E-state index in [0.717, 1.165) is 0 Å². The third-order valence-electron chi connectivity index (χ3n) is 8.60. The summed E-state index contributed by atoms with van der Waals surface area (Å²) in [5, 5.41) is 0. The smallest absolute Gasteiger partial charge is 0.382 e. The lowest BCUT2D eigenvalue weighted by atomic mass is 9.92. The zero-order chi connectivity index (χ0) is 33.5. The zero-order valence-corrected chi connectivity index (χ0v) is 26.3. The van der Waals surface area contributed by atoms with E-state index in [1.807, 2.05) is 0 Å². The number of nitrogens with zero attached hydrogens (tertiary/aromatic N) is 7. The summed E-state index contributed by atoms with van der Waals surface area (Å²) in [7, 11) is -8.21. The molecule has 4 aliphatic heterocycles. The van der Waals surface area contributed by atoms with Crippen LogP contribution in [0, 0.1) is 5.92 Å². The SMILES string of the molecule is CO[C@H]1[C@H]2OS(=O)(=O)NC[C@H]3O[C@@H](n4cnc5c(N)ncnc54)[C@@H]4OC[C@H]3[C@H]4OP(=O)(O)OC[C@H]1O[C@H]2n1cnc2c(=O)[nH]c(N)nc21. The summed E-state index contributed by atoms with van der Waals surface area (Å²) in [6, 6.07) is 0. The van der Waals surface area contributed by atoms with Crippen molar-refractivity contribution in [1.82, 2.24) is 43.8 Å². The summed E-state index contributed by atoms with van der Waals surface area (Å²) in [6.45, 7) is -1.03. The fraction of sp³-hybridized carbons (Fsp3) is 0.565. The van der Waals surface area contributed by atoms with E-state index >= 15 is 0 Å². The molecule has 4 aromatic rings. The van der Waals surface area contributed by atoms with E-state index in [0.29, 0.717) is 0 Å². The Morgan fingerprint density at radius 1 is 1.00 bits per heavy atom. The van der Waals surface area contributed by atoms with Gasteiger partial charge in [0.2, 0.25) is 5.95 Å². The first-order valence-electron chi connectivity index (χ1n) is 14.4. The Morgan fingerprint density at radius 3 is 2.52 bits per heavy atom. The second-order valence-corrected chi connectivity index (χ2v) is 14.1. The summed E-state index contributed by atoms with van der Waals surface area (Å²) >= 11 is 0. The minimum absolute atomic E-state index is 0.0199. The molecule has 4 aromatic heterocycles. The van der Waals surface area contributed by atoms with Crippen LogP contribution in [0.5, 0.6) is 0 Å². The number of hydrogen-bond donors (Lipinski definition) is 5. The van der Waals surface area contributed by atoms with Crippen LogP contribution in [0.4, 0.5) is 11.8 Å². The quantitative estimate of drug-likeness (QED) is 0.139. The van der Waals surface area contributed by atoms with Gasteiger partial charge in [-0.15, -0.1) is 0 Å². The molecule has 48 heavy (non-hydrogen) atoms. The highest BCUT2D eigenvalue weighted by molar-refractivity contribution is 7.84. The molecule has 0 saturated carbocycles. The third-order valence-corrected chi connectivity index (χ3v) is 10.6. The molecule has 0 amide bonds. The molecule has 6 bridgehead atoms. The van der Waals surface area contributed by atoms with Gasteiger partial charge < -0.3 is 35.3 Å². The summed E-state index contributed by atoms with van der Waals surface area (Å²) in [4.78, 5) is 46.3. The summed E-state index contributed by atoms with van der Waals surface area (Å²) < 4.78 is 86.3. The number of nitrogen functional groups attached to an aromatic ring is 2. The van der Waals surface area contributed by atoms with Crippen LogP contribution in [-0.4, -0.2) is 116 Å². The van der Waals surface area contributed by atoms with Crippen molar-refractivity contribution >= 4 is 52.2 Å². The molecule has 7 N–H and O–H groups in total. The molecular weight excluding hydrogens is 685 g/mol. The van der Waals surface area contributed by atoms with Gasteiger partial charge >= 0.3 is 18.1 Å². The van der Waals surface area contributed by atoms with Crippen molar-refractivity contribution in [1.29, 1.82) is 0 Å². The molecule has 8 rings (SSSR count). The van der Waals surface area contributed by atoms with Gasteiger partial charge in [-0.3, -0.25) is 28.0 Å². The van der Waals surface area contributed by atoms with Crippen LogP contribution < -0.4 is 21.7 Å². The van der Waals surface area contributed by atoms with Crippen molar-refractivity contribution in [2.75, 3.05) is 38.3 Å². The van der Waals surface area contributed by atoms with Crippen molar-refractivity contribution in [2.45, 2.75) is 49.1 Å². The number of rotatable bonds is 3. The van der Waals surface area contributed by atoms with Crippen LogP contribution in [-0.2, 0) is 47.0 Å². The van der Waals surface area contributed by atoms with Crippen molar-refractivity contribution in [3.63, 3.8) is 0 Å². The summed E-state index contributed by atoms with van der Waals surface area (Å²) in [5.41, 5.74) is 11.4. The number of hydrogen-bond acceptors (Lipinski definition) is 18. The van der Waals surface area contributed by atoms with Crippen molar-refractivity contribution in [2.24, 2.45) is 5.92 Å². The fourth-order valence-corrected chi connectivity index (χ4v) is 8.41. The first-order chi connectivity index (χ1) is 22.9. The normalized spacial score (nSPS) is 36.8. The number of H-pyrrole nitrogens is 1. The van der Waals surface area contributed by atoms with Crippen molar-refractivity contribution in [3.8, 4) is 0 Å². The number of anilines is 2. The highest BCUT2D eigenvalue weighted by atomic mass is 32.2. The molecule has 10 atom stereocenters.